The zero-order chi connectivity index (χ0) is 20.2. The van der Waals surface area contributed by atoms with Crippen LogP contribution in [0.4, 0.5) is 0 Å². The molecular formula is C21H24N4O3S. The molecule has 8 heteroatoms. The quantitative estimate of drug-likeness (QED) is 0.570. The maximum absolute atomic E-state index is 11.7. The van der Waals surface area contributed by atoms with Gasteiger partial charge in [-0.1, -0.05) is 11.8 Å². The average Bonchev–Trinajstić information content (AvgIpc) is 3.33. The molecule has 1 fully saturated rings. The predicted octanol–water partition coefficient (Wildman–Crippen LogP) is 3.57. The number of methoxy groups -OCH3 is 1. The summed E-state index contributed by atoms with van der Waals surface area (Å²) in [6.07, 6.45) is 3.37. The van der Waals surface area contributed by atoms with Crippen LogP contribution in [0.5, 0.6) is 11.5 Å². The van der Waals surface area contributed by atoms with Gasteiger partial charge in [0.25, 0.3) is 0 Å². The Morgan fingerprint density at radius 2 is 2.21 bits per heavy atom. The molecule has 29 heavy (non-hydrogen) atoms. The maximum atomic E-state index is 11.7. The molecule has 1 N–H and O–H groups in total. The molecule has 0 bridgehead atoms. The van der Waals surface area contributed by atoms with Crippen molar-refractivity contribution in [1.29, 1.82) is 0 Å². The molecule has 4 rings (SSSR count). The standard InChI is InChI=1S/C21H24N4O3S/c1-14-18(13-29-21-23-16-6-5-15(27-2)12-17(16)24-21)22-8-7-19(14)28-11-10-25-9-3-4-20(25)26/h5-8,12H,3-4,9-11,13H2,1-2H3,(H,23,24). The summed E-state index contributed by atoms with van der Waals surface area (Å²) in [7, 11) is 1.65. The van der Waals surface area contributed by atoms with Crippen LogP contribution in [0.25, 0.3) is 11.0 Å². The van der Waals surface area contributed by atoms with E-state index in [1.54, 1.807) is 25.1 Å². The van der Waals surface area contributed by atoms with Gasteiger partial charge in [0.05, 0.1) is 30.4 Å². The van der Waals surface area contributed by atoms with Crippen LogP contribution in [0.2, 0.25) is 0 Å². The van der Waals surface area contributed by atoms with Crippen LogP contribution in [0, 0.1) is 6.92 Å². The predicted molar refractivity (Wildman–Crippen MR) is 112 cm³/mol. The van der Waals surface area contributed by atoms with E-state index in [2.05, 4.69) is 15.0 Å². The molecule has 0 spiro atoms. The van der Waals surface area contributed by atoms with Crippen molar-refractivity contribution in [2.75, 3.05) is 26.8 Å². The Morgan fingerprint density at radius 3 is 3.00 bits per heavy atom. The minimum atomic E-state index is 0.223. The Hall–Kier alpha value is -2.74. The van der Waals surface area contributed by atoms with Gasteiger partial charge >= 0.3 is 0 Å². The van der Waals surface area contributed by atoms with E-state index >= 15 is 0 Å². The van der Waals surface area contributed by atoms with Gasteiger partial charge in [-0.2, -0.15) is 0 Å². The van der Waals surface area contributed by atoms with Gasteiger partial charge in [-0.25, -0.2) is 4.98 Å². The summed E-state index contributed by atoms with van der Waals surface area (Å²) < 4.78 is 11.2. The lowest BCUT2D eigenvalue weighted by Crippen LogP contribution is -2.29. The van der Waals surface area contributed by atoms with Gasteiger partial charge in [-0.05, 0) is 31.5 Å². The highest BCUT2D eigenvalue weighted by molar-refractivity contribution is 7.98. The number of nitrogens with zero attached hydrogens (tertiary/aromatic N) is 3. The van der Waals surface area contributed by atoms with Crippen molar-refractivity contribution in [1.82, 2.24) is 19.9 Å². The fraction of sp³-hybridized carbons (Fsp3) is 0.381. The van der Waals surface area contributed by atoms with E-state index < -0.39 is 0 Å². The number of carbonyl (C=O) groups excluding carboxylic acids is 1. The molecule has 0 unspecified atom stereocenters. The van der Waals surface area contributed by atoms with Crippen molar-refractivity contribution in [3.05, 3.63) is 41.7 Å². The lowest BCUT2D eigenvalue weighted by molar-refractivity contribution is -0.128. The van der Waals surface area contributed by atoms with Crippen molar-refractivity contribution in [2.24, 2.45) is 0 Å². The fourth-order valence-electron chi connectivity index (χ4n) is 3.36. The van der Waals surface area contributed by atoms with Crippen LogP contribution in [-0.4, -0.2) is 52.6 Å². The largest absolute Gasteiger partial charge is 0.497 e. The van der Waals surface area contributed by atoms with Crippen LogP contribution in [0.15, 0.2) is 35.6 Å². The van der Waals surface area contributed by atoms with Crippen LogP contribution < -0.4 is 9.47 Å². The molecule has 1 saturated heterocycles. The van der Waals surface area contributed by atoms with Gasteiger partial charge in [0, 0.05) is 36.5 Å². The van der Waals surface area contributed by atoms with Crippen LogP contribution in [-0.2, 0) is 10.5 Å². The summed E-state index contributed by atoms with van der Waals surface area (Å²) in [4.78, 5) is 26.0. The number of H-pyrrole nitrogens is 1. The molecule has 1 aliphatic rings. The number of fused-ring (bicyclic) bond motifs is 1. The normalized spacial score (nSPS) is 14.0. The second-order valence-corrected chi connectivity index (χ2v) is 7.89. The van der Waals surface area contributed by atoms with E-state index in [0.29, 0.717) is 25.3 Å². The second-order valence-electron chi connectivity index (χ2n) is 6.93. The highest BCUT2D eigenvalue weighted by atomic mass is 32.2. The number of likely N-dealkylation sites (tertiary alicyclic amines) is 1. The first-order valence-electron chi connectivity index (χ1n) is 9.65. The van der Waals surface area contributed by atoms with Gasteiger partial charge in [-0.3, -0.25) is 9.78 Å². The SMILES string of the molecule is COc1ccc2[nH]c(SCc3nccc(OCCN4CCCC4=O)c3C)nc2c1. The van der Waals surface area contributed by atoms with Crippen molar-refractivity contribution in [3.8, 4) is 11.5 Å². The number of thioether (sulfide) groups is 1. The average molecular weight is 413 g/mol. The summed E-state index contributed by atoms with van der Waals surface area (Å²) in [6.45, 7) is 3.98. The third kappa shape index (κ3) is 4.48. The molecule has 3 heterocycles. The zero-order valence-corrected chi connectivity index (χ0v) is 17.4. The van der Waals surface area contributed by atoms with E-state index in [-0.39, 0.29) is 5.91 Å². The molecule has 3 aromatic rings. The number of benzene rings is 1. The molecule has 1 aromatic carbocycles. The Labute approximate surface area is 173 Å². The van der Waals surface area contributed by atoms with Gasteiger partial charge < -0.3 is 19.4 Å². The molecule has 0 saturated carbocycles. The molecule has 152 valence electrons. The van der Waals surface area contributed by atoms with Gasteiger partial charge in [-0.15, -0.1) is 0 Å². The highest BCUT2D eigenvalue weighted by Crippen LogP contribution is 2.28. The third-order valence-corrected chi connectivity index (χ3v) is 5.95. The number of ether oxygens (including phenoxy) is 2. The topological polar surface area (TPSA) is 80.3 Å². The van der Waals surface area contributed by atoms with Gasteiger partial charge in [0.2, 0.25) is 5.91 Å². The number of aromatic nitrogens is 3. The monoisotopic (exact) mass is 412 g/mol. The van der Waals surface area contributed by atoms with E-state index in [1.807, 2.05) is 36.1 Å². The number of aromatic amines is 1. The summed E-state index contributed by atoms with van der Waals surface area (Å²) in [5.41, 5.74) is 3.84. The summed E-state index contributed by atoms with van der Waals surface area (Å²) in [5.74, 6) is 2.51. The number of amides is 1. The first-order valence-corrected chi connectivity index (χ1v) is 10.6. The number of pyridine rings is 1. The molecule has 1 amide bonds. The van der Waals surface area contributed by atoms with E-state index in [1.165, 1.54) is 0 Å². The second kappa shape index (κ2) is 8.73. The van der Waals surface area contributed by atoms with Crippen LogP contribution in [0.3, 0.4) is 0 Å². The van der Waals surface area contributed by atoms with Gasteiger partial charge in [0.15, 0.2) is 5.16 Å². The molecule has 1 aliphatic heterocycles. The number of imidazole rings is 1. The van der Waals surface area contributed by atoms with E-state index in [4.69, 9.17) is 9.47 Å². The number of hydrogen-bond donors (Lipinski definition) is 1. The summed E-state index contributed by atoms with van der Waals surface area (Å²) in [6, 6.07) is 7.67. The summed E-state index contributed by atoms with van der Waals surface area (Å²) >= 11 is 1.60. The number of nitrogens with one attached hydrogen (secondary N) is 1. The Kier molecular flexibility index (Phi) is 5.89. The van der Waals surface area contributed by atoms with Crippen molar-refractivity contribution < 1.29 is 14.3 Å². The minimum Gasteiger partial charge on any atom is -0.497 e. The molecule has 7 nitrogen and oxygen atoms in total. The molecular weight excluding hydrogens is 388 g/mol. The Balaban J connectivity index is 1.37. The number of hydrogen-bond acceptors (Lipinski definition) is 6. The number of carbonyl (C=O) groups is 1. The first kappa shape index (κ1) is 19.6. The number of rotatable bonds is 8. The molecule has 0 aliphatic carbocycles. The molecule has 0 atom stereocenters. The van der Waals surface area contributed by atoms with E-state index in [0.717, 1.165) is 51.9 Å². The fourth-order valence-corrected chi connectivity index (χ4v) is 4.27. The molecule has 2 aromatic heterocycles. The first-order chi connectivity index (χ1) is 14.1. The molecule has 0 radical (unpaired) electrons. The Bertz CT molecular complexity index is 1020. The van der Waals surface area contributed by atoms with Crippen molar-refractivity contribution in [2.45, 2.75) is 30.7 Å². The Morgan fingerprint density at radius 1 is 1.31 bits per heavy atom. The minimum absolute atomic E-state index is 0.223. The third-order valence-electron chi connectivity index (χ3n) is 5.06. The van der Waals surface area contributed by atoms with E-state index in [9.17, 15) is 4.79 Å². The lowest BCUT2D eigenvalue weighted by atomic mass is 10.2. The van der Waals surface area contributed by atoms with Crippen LogP contribution in [0.1, 0.15) is 24.1 Å². The zero-order valence-electron chi connectivity index (χ0n) is 16.6. The van der Waals surface area contributed by atoms with Crippen molar-refractivity contribution in [3.63, 3.8) is 0 Å². The van der Waals surface area contributed by atoms with Crippen LogP contribution >= 0.6 is 11.8 Å². The lowest BCUT2D eigenvalue weighted by Gasteiger charge is -2.17. The summed E-state index contributed by atoms with van der Waals surface area (Å²) in [5, 5.41) is 0.841. The highest BCUT2D eigenvalue weighted by Gasteiger charge is 2.19. The smallest absolute Gasteiger partial charge is 0.222 e. The van der Waals surface area contributed by atoms with Crippen molar-refractivity contribution >= 4 is 28.7 Å². The van der Waals surface area contributed by atoms with Gasteiger partial charge in [0.1, 0.15) is 18.1 Å². The maximum Gasteiger partial charge on any atom is 0.222 e.